The number of hydrogen-bond acceptors (Lipinski definition) is 5. The number of hydrogen-bond donors (Lipinski definition) is 0. The maximum atomic E-state index is 12.5. The number of carbonyl (C=O) groups excluding carboxylic acids is 1. The van der Waals surface area contributed by atoms with Gasteiger partial charge in [0.05, 0.1) is 17.8 Å². The number of ether oxygens (including phenoxy) is 1. The summed E-state index contributed by atoms with van der Waals surface area (Å²) in [5.41, 5.74) is 2.34. The van der Waals surface area contributed by atoms with Crippen molar-refractivity contribution in [3.63, 3.8) is 0 Å². The summed E-state index contributed by atoms with van der Waals surface area (Å²) in [5, 5.41) is 0. The molecule has 1 unspecified atom stereocenters. The van der Waals surface area contributed by atoms with Crippen molar-refractivity contribution in [2.24, 2.45) is 5.92 Å². The summed E-state index contributed by atoms with van der Waals surface area (Å²) in [7, 11) is 0. The van der Waals surface area contributed by atoms with Crippen molar-refractivity contribution in [3.05, 3.63) is 23.8 Å². The summed E-state index contributed by atoms with van der Waals surface area (Å²) >= 11 is 1.18. The third-order valence-electron chi connectivity index (χ3n) is 4.20. The molecule has 5 nitrogen and oxygen atoms in total. The van der Waals surface area contributed by atoms with Crippen LogP contribution in [0.2, 0.25) is 0 Å². The van der Waals surface area contributed by atoms with Gasteiger partial charge in [0.15, 0.2) is 0 Å². The second kappa shape index (κ2) is 5.35. The fourth-order valence-electron chi connectivity index (χ4n) is 2.70. The smallest absolute Gasteiger partial charge is 0.254 e. The predicted octanol–water partition coefficient (Wildman–Crippen LogP) is 2.33. The molecule has 4 rings (SSSR count). The lowest BCUT2D eigenvalue weighted by Crippen LogP contribution is -2.30. The molecule has 2 aliphatic rings. The van der Waals surface area contributed by atoms with Crippen molar-refractivity contribution in [1.29, 1.82) is 0 Å². The SMILES string of the molecule is O=C(c1ccc2nsnc2c1)N1CCC(OCC2CC2)C1. The molecule has 0 spiro atoms. The molecule has 1 saturated carbocycles. The van der Waals surface area contributed by atoms with Crippen LogP contribution in [0.4, 0.5) is 0 Å². The number of benzene rings is 1. The first-order valence-electron chi connectivity index (χ1n) is 7.43. The Hall–Kier alpha value is -1.53. The molecule has 0 bridgehead atoms. The Morgan fingerprint density at radius 1 is 1.29 bits per heavy atom. The molecule has 1 aromatic carbocycles. The van der Waals surface area contributed by atoms with E-state index in [1.165, 1.54) is 24.6 Å². The minimum Gasteiger partial charge on any atom is -0.376 e. The highest BCUT2D eigenvalue weighted by molar-refractivity contribution is 7.00. The normalized spacial score (nSPS) is 22.1. The quantitative estimate of drug-likeness (QED) is 0.870. The first kappa shape index (κ1) is 13.2. The molecule has 1 aromatic heterocycles. The summed E-state index contributed by atoms with van der Waals surface area (Å²) in [6, 6.07) is 5.53. The fraction of sp³-hybridized carbons (Fsp3) is 0.533. The van der Waals surface area contributed by atoms with E-state index in [0.29, 0.717) is 12.1 Å². The molecule has 110 valence electrons. The number of aromatic nitrogens is 2. The average molecular weight is 303 g/mol. The third kappa shape index (κ3) is 2.78. The van der Waals surface area contributed by atoms with Gasteiger partial charge in [0.25, 0.3) is 5.91 Å². The van der Waals surface area contributed by atoms with Crippen LogP contribution in [0, 0.1) is 5.92 Å². The lowest BCUT2D eigenvalue weighted by Gasteiger charge is -2.16. The average Bonchev–Trinajstić information content (AvgIpc) is 3.03. The van der Waals surface area contributed by atoms with Crippen LogP contribution in [0.3, 0.4) is 0 Å². The summed E-state index contributed by atoms with van der Waals surface area (Å²) in [5.74, 6) is 0.844. The minimum atomic E-state index is 0.0717. The van der Waals surface area contributed by atoms with Gasteiger partial charge in [-0.2, -0.15) is 8.75 Å². The van der Waals surface area contributed by atoms with Crippen LogP contribution in [0.15, 0.2) is 18.2 Å². The third-order valence-corrected chi connectivity index (χ3v) is 4.75. The van der Waals surface area contributed by atoms with Crippen molar-refractivity contribution in [2.75, 3.05) is 19.7 Å². The second-order valence-corrected chi connectivity index (χ2v) is 6.43. The van der Waals surface area contributed by atoms with Crippen molar-refractivity contribution >= 4 is 28.7 Å². The van der Waals surface area contributed by atoms with Gasteiger partial charge in [-0.15, -0.1) is 0 Å². The maximum absolute atomic E-state index is 12.5. The van der Waals surface area contributed by atoms with Gasteiger partial charge in [-0.3, -0.25) is 4.79 Å². The monoisotopic (exact) mass is 303 g/mol. The predicted molar refractivity (Wildman–Crippen MR) is 80.4 cm³/mol. The highest BCUT2D eigenvalue weighted by atomic mass is 32.1. The summed E-state index contributed by atoms with van der Waals surface area (Å²) in [6.07, 6.45) is 3.76. The van der Waals surface area contributed by atoms with Crippen molar-refractivity contribution in [3.8, 4) is 0 Å². The number of fused-ring (bicyclic) bond motifs is 1. The number of amides is 1. The Kier molecular flexibility index (Phi) is 3.35. The van der Waals surface area contributed by atoms with E-state index in [4.69, 9.17) is 4.74 Å². The van der Waals surface area contributed by atoms with Gasteiger partial charge in [-0.25, -0.2) is 0 Å². The maximum Gasteiger partial charge on any atom is 0.254 e. The van der Waals surface area contributed by atoms with E-state index >= 15 is 0 Å². The van der Waals surface area contributed by atoms with E-state index in [1.54, 1.807) is 0 Å². The summed E-state index contributed by atoms with van der Waals surface area (Å²) < 4.78 is 14.2. The van der Waals surface area contributed by atoms with E-state index in [0.717, 1.165) is 36.5 Å². The van der Waals surface area contributed by atoms with Crippen LogP contribution >= 0.6 is 11.7 Å². The van der Waals surface area contributed by atoms with Crippen LogP contribution in [0.5, 0.6) is 0 Å². The Bertz CT molecular complexity index is 668. The van der Waals surface area contributed by atoms with Gasteiger partial charge < -0.3 is 9.64 Å². The molecule has 0 N–H and O–H groups in total. The molecule has 2 fully saturated rings. The molecular weight excluding hydrogens is 286 g/mol. The Morgan fingerprint density at radius 2 is 2.14 bits per heavy atom. The van der Waals surface area contributed by atoms with Gasteiger partial charge in [0.2, 0.25) is 0 Å². The zero-order valence-corrected chi connectivity index (χ0v) is 12.5. The van der Waals surface area contributed by atoms with Gasteiger partial charge in [-0.1, -0.05) is 0 Å². The van der Waals surface area contributed by atoms with Crippen molar-refractivity contribution < 1.29 is 9.53 Å². The molecule has 1 atom stereocenters. The summed E-state index contributed by atoms with van der Waals surface area (Å²) in [4.78, 5) is 14.4. The van der Waals surface area contributed by atoms with Crippen molar-refractivity contribution in [1.82, 2.24) is 13.6 Å². The molecule has 1 aliphatic carbocycles. The zero-order valence-electron chi connectivity index (χ0n) is 11.7. The van der Waals surface area contributed by atoms with Crippen LogP contribution in [-0.4, -0.2) is 45.4 Å². The first-order valence-corrected chi connectivity index (χ1v) is 8.16. The van der Waals surface area contributed by atoms with E-state index in [1.807, 2.05) is 23.1 Å². The molecule has 21 heavy (non-hydrogen) atoms. The van der Waals surface area contributed by atoms with Gasteiger partial charge in [0, 0.05) is 25.3 Å². The van der Waals surface area contributed by atoms with Crippen LogP contribution in [0.25, 0.3) is 11.0 Å². The Labute approximate surface area is 127 Å². The fourth-order valence-corrected chi connectivity index (χ4v) is 3.22. The molecule has 6 heteroatoms. The van der Waals surface area contributed by atoms with Crippen molar-refractivity contribution in [2.45, 2.75) is 25.4 Å². The molecule has 2 heterocycles. The Morgan fingerprint density at radius 3 is 3.00 bits per heavy atom. The molecule has 1 saturated heterocycles. The standard InChI is InChI=1S/C15H17N3O2S/c19-15(11-3-4-13-14(7-11)17-21-16-13)18-6-5-12(8-18)20-9-10-1-2-10/h3-4,7,10,12H,1-2,5-6,8-9H2. The summed E-state index contributed by atoms with van der Waals surface area (Å²) in [6.45, 7) is 2.35. The van der Waals surface area contributed by atoms with E-state index < -0.39 is 0 Å². The van der Waals surface area contributed by atoms with Gasteiger partial charge >= 0.3 is 0 Å². The zero-order chi connectivity index (χ0) is 14.2. The number of rotatable bonds is 4. The number of carbonyl (C=O) groups is 1. The molecule has 1 aliphatic heterocycles. The topological polar surface area (TPSA) is 55.3 Å². The van der Waals surface area contributed by atoms with Crippen LogP contribution in [-0.2, 0) is 4.74 Å². The second-order valence-electron chi connectivity index (χ2n) is 5.91. The van der Waals surface area contributed by atoms with Gasteiger partial charge in [0.1, 0.15) is 11.0 Å². The molecule has 2 aromatic rings. The molecule has 0 radical (unpaired) electrons. The lowest BCUT2D eigenvalue weighted by atomic mass is 10.2. The minimum absolute atomic E-state index is 0.0717. The number of likely N-dealkylation sites (tertiary alicyclic amines) is 1. The van der Waals surface area contributed by atoms with Gasteiger partial charge in [-0.05, 0) is 43.4 Å². The highest BCUT2D eigenvalue weighted by Crippen LogP contribution is 2.30. The highest BCUT2D eigenvalue weighted by Gasteiger charge is 2.30. The number of nitrogens with zero attached hydrogens (tertiary/aromatic N) is 3. The molecular formula is C15H17N3O2S. The first-order chi connectivity index (χ1) is 10.3. The van der Waals surface area contributed by atoms with E-state index in [-0.39, 0.29) is 12.0 Å². The molecule has 1 amide bonds. The Balaban J connectivity index is 1.41. The van der Waals surface area contributed by atoms with E-state index in [9.17, 15) is 4.79 Å². The van der Waals surface area contributed by atoms with Crippen LogP contribution in [0.1, 0.15) is 29.6 Å². The lowest BCUT2D eigenvalue weighted by molar-refractivity contribution is 0.0480. The van der Waals surface area contributed by atoms with Crippen LogP contribution < -0.4 is 0 Å². The van der Waals surface area contributed by atoms with E-state index in [2.05, 4.69) is 8.75 Å². The largest absolute Gasteiger partial charge is 0.376 e.